The van der Waals surface area contributed by atoms with E-state index in [-0.39, 0.29) is 10.8 Å². The first-order valence-corrected chi connectivity index (χ1v) is 22.9. The van der Waals surface area contributed by atoms with Gasteiger partial charge in [-0.1, -0.05) is 199 Å². The van der Waals surface area contributed by atoms with Gasteiger partial charge in [-0.25, -0.2) is 0 Å². The van der Waals surface area contributed by atoms with Gasteiger partial charge in [-0.05, 0) is 121 Å². The summed E-state index contributed by atoms with van der Waals surface area (Å²) in [6.45, 7) is 13.8. The number of hydrogen-bond donors (Lipinski definition) is 0. The molecule has 1 aliphatic carbocycles. The molecule has 65 heavy (non-hydrogen) atoms. The normalized spacial score (nSPS) is 13.3. The molecule has 0 bridgehead atoms. The molecule has 0 aromatic heterocycles. The lowest BCUT2D eigenvalue weighted by Gasteiger charge is -2.41. The number of rotatable bonds is 6. The molecule has 9 aromatic carbocycles. The van der Waals surface area contributed by atoms with E-state index in [1.165, 1.54) is 55.6 Å². The average molecular weight is 840 g/mol. The summed E-state index contributed by atoms with van der Waals surface area (Å²) < 4.78 is 6.96. The van der Waals surface area contributed by atoms with Gasteiger partial charge >= 0.3 is 0 Å². The molecule has 316 valence electrons. The van der Waals surface area contributed by atoms with E-state index in [9.17, 15) is 0 Å². The Bertz CT molecular complexity index is 3180. The fourth-order valence-electron chi connectivity index (χ4n) is 10.3. The number of benzene rings is 9. The monoisotopic (exact) mass is 839 g/mol. The molecule has 1 spiro atoms. The third-order valence-electron chi connectivity index (χ3n) is 13.7. The van der Waals surface area contributed by atoms with Crippen LogP contribution in [0.4, 0.5) is 17.1 Å². The number of para-hydroxylation sites is 3. The number of fused-ring (bicyclic) bond motifs is 9. The SMILES string of the molecule is CC(C)(C)c1ccc2c(c1)C1(c3cc(C(C)(C)C)ccc3O2)c2ccccc2-c2ccc(-c3ccccc3N(c3ccccc3)c3ccccc3-c3ccc(-c4ccccc4)cc3)cc21. The molecule has 2 aliphatic rings. The molecule has 2 nitrogen and oxygen atoms in total. The van der Waals surface area contributed by atoms with Crippen LogP contribution >= 0.6 is 0 Å². The lowest BCUT2D eigenvalue weighted by atomic mass is 9.64. The molecule has 0 saturated carbocycles. The second kappa shape index (κ2) is 15.4. The van der Waals surface area contributed by atoms with Crippen molar-refractivity contribution in [2.45, 2.75) is 57.8 Å². The molecule has 1 heterocycles. The third kappa shape index (κ3) is 6.70. The highest BCUT2D eigenvalue weighted by Gasteiger charge is 2.52. The van der Waals surface area contributed by atoms with Crippen molar-refractivity contribution in [3.8, 4) is 56.0 Å². The summed E-state index contributed by atoms with van der Waals surface area (Å²) in [7, 11) is 0. The van der Waals surface area contributed by atoms with Gasteiger partial charge in [0.15, 0.2) is 0 Å². The molecule has 0 atom stereocenters. The van der Waals surface area contributed by atoms with Crippen LogP contribution in [0.5, 0.6) is 11.5 Å². The van der Waals surface area contributed by atoms with Crippen LogP contribution in [0.1, 0.15) is 74.9 Å². The second-order valence-corrected chi connectivity index (χ2v) is 19.7. The molecular formula is C63H53NO. The van der Waals surface area contributed by atoms with Gasteiger partial charge in [0.05, 0.1) is 16.8 Å². The fourth-order valence-corrected chi connectivity index (χ4v) is 10.3. The first-order valence-electron chi connectivity index (χ1n) is 22.9. The minimum absolute atomic E-state index is 0.0629. The zero-order chi connectivity index (χ0) is 44.5. The fraction of sp³-hybridized carbons (Fsp3) is 0.143. The summed E-state index contributed by atoms with van der Waals surface area (Å²) in [4.78, 5) is 2.44. The maximum Gasteiger partial charge on any atom is 0.132 e. The van der Waals surface area contributed by atoms with Crippen LogP contribution in [0.3, 0.4) is 0 Å². The number of nitrogens with zero attached hydrogens (tertiary/aromatic N) is 1. The van der Waals surface area contributed by atoms with E-state index >= 15 is 0 Å². The Balaban J connectivity index is 1.14. The van der Waals surface area contributed by atoms with Crippen LogP contribution < -0.4 is 9.64 Å². The van der Waals surface area contributed by atoms with Gasteiger partial charge in [0.2, 0.25) is 0 Å². The second-order valence-electron chi connectivity index (χ2n) is 19.7. The Kier molecular flexibility index (Phi) is 9.55. The van der Waals surface area contributed by atoms with Crippen molar-refractivity contribution in [1.82, 2.24) is 0 Å². The quantitative estimate of drug-likeness (QED) is 0.165. The summed E-state index contributed by atoms with van der Waals surface area (Å²) in [6, 6.07) is 78.2. The van der Waals surface area contributed by atoms with Crippen molar-refractivity contribution in [3.63, 3.8) is 0 Å². The molecular weight excluding hydrogens is 787 g/mol. The lowest BCUT2D eigenvalue weighted by molar-refractivity contribution is 0.433. The maximum atomic E-state index is 6.96. The molecule has 0 saturated heterocycles. The molecule has 9 aromatic rings. The molecule has 0 amide bonds. The van der Waals surface area contributed by atoms with E-state index in [0.717, 1.165) is 50.8 Å². The van der Waals surface area contributed by atoms with Crippen molar-refractivity contribution >= 4 is 17.1 Å². The predicted molar refractivity (Wildman–Crippen MR) is 272 cm³/mol. The van der Waals surface area contributed by atoms with Crippen molar-refractivity contribution in [1.29, 1.82) is 0 Å². The van der Waals surface area contributed by atoms with E-state index in [2.05, 4.69) is 259 Å². The number of anilines is 3. The van der Waals surface area contributed by atoms with Crippen LogP contribution in [0.2, 0.25) is 0 Å². The van der Waals surface area contributed by atoms with E-state index in [1.54, 1.807) is 0 Å². The molecule has 0 N–H and O–H groups in total. The van der Waals surface area contributed by atoms with Gasteiger partial charge in [-0.2, -0.15) is 0 Å². The molecule has 2 heteroatoms. The molecule has 1 aliphatic heterocycles. The van der Waals surface area contributed by atoms with E-state index in [0.29, 0.717) is 0 Å². The Morgan fingerprint density at radius 1 is 0.338 bits per heavy atom. The Morgan fingerprint density at radius 3 is 1.37 bits per heavy atom. The highest BCUT2D eigenvalue weighted by molar-refractivity contribution is 5.96. The van der Waals surface area contributed by atoms with Gasteiger partial charge in [0, 0.05) is 27.9 Å². The largest absolute Gasteiger partial charge is 0.457 e. The van der Waals surface area contributed by atoms with Crippen LogP contribution in [0.25, 0.3) is 44.5 Å². The summed E-state index contributed by atoms with van der Waals surface area (Å²) in [6.07, 6.45) is 0. The van der Waals surface area contributed by atoms with E-state index < -0.39 is 5.41 Å². The van der Waals surface area contributed by atoms with E-state index in [4.69, 9.17) is 4.74 Å². The van der Waals surface area contributed by atoms with Gasteiger partial charge in [0.1, 0.15) is 11.5 Å². The summed E-state index contributed by atoms with van der Waals surface area (Å²) >= 11 is 0. The lowest BCUT2D eigenvalue weighted by Crippen LogP contribution is -2.33. The van der Waals surface area contributed by atoms with Crippen molar-refractivity contribution in [3.05, 3.63) is 246 Å². The molecule has 0 fully saturated rings. The minimum Gasteiger partial charge on any atom is -0.457 e. The van der Waals surface area contributed by atoms with Crippen molar-refractivity contribution in [2.24, 2.45) is 0 Å². The Labute approximate surface area is 384 Å². The standard InChI is InChI=1S/C63H53NO/c1-61(2,3)46-34-37-59-55(40-46)63(56-41-47(62(4,5)6)35-38-60(56)65-59)53-26-16-13-25-51(53)52-36-33-45(39-54(52)63)50-24-15-18-28-58(50)64(48-21-11-8-12-22-48)57-27-17-14-23-49(57)44-31-29-43(30-32-44)42-19-9-7-10-20-42/h7-41H,1-6H3. The first-order chi connectivity index (χ1) is 31.5. The Morgan fingerprint density at radius 2 is 0.785 bits per heavy atom. The zero-order valence-electron chi connectivity index (χ0n) is 38.1. The Hall–Kier alpha value is -7.42. The van der Waals surface area contributed by atoms with E-state index in [1.807, 2.05) is 0 Å². The van der Waals surface area contributed by atoms with Crippen LogP contribution in [-0.4, -0.2) is 0 Å². The average Bonchev–Trinajstić information content (AvgIpc) is 3.62. The first kappa shape index (κ1) is 40.4. The zero-order valence-corrected chi connectivity index (χ0v) is 38.1. The van der Waals surface area contributed by atoms with Crippen molar-refractivity contribution in [2.75, 3.05) is 4.90 Å². The summed E-state index contributed by atoms with van der Waals surface area (Å²) in [5, 5.41) is 0. The maximum absolute atomic E-state index is 6.96. The van der Waals surface area contributed by atoms with Crippen LogP contribution in [0, 0.1) is 0 Å². The number of hydrogen-bond acceptors (Lipinski definition) is 2. The van der Waals surface area contributed by atoms with Crippen molar-refractivity contribution < 1.29 is 4.74 Å². The molecule has 0 radical (unpaired) electrons. The van der Waals surface area contributed by atoms with Crippen LogP contribution in [-0.2, 0) is 16.2 Å². The van der Waals surface area contributed by atoms with Gasteiger partial charge in [-0.15, -0.1) is 0 Å². The highest BCUT2D eigenvalue weighted by atomic mass is 16.5. The van der Waals surface area contributed by atoms with Gasteiger partial charge in [0.25, 0.3) is 0 Å². The van der Waals surface area contributed by atoms with Crippen LogP contribution in [0.15, 0.2) is 212 Å². The summed E-state index contributed by atoms with van der Waals surface area (Å²) in [5.41, 5.74) is 19.7. The van der Waals surface area contributed by atoms with Gasteiger partial charge < -0.3 is 9.64 Å². The topological polar surface area (TPSA) is 12.5 Å². The highest BCUT2D eigenvalue weighted by Crippen LogP contribution is 2.63. The smallest absolute Gasteiger partial charge is 0.132 e. The third-order valence-corrected chi connectivity index (χ3v) is 13.7. The van der Waals surface area contributed by atoms with Gasteiger partial charge in [-0.3, -0.25) is 0 Å². The molecule has 0 unspecified atom stereocenters. The minimum atomic E-state index is -0.625. The predicted octanol–water partition coefficient (Wildman–Crippen LogP) is 17.2. The molecule has 11 rings (SSSR count). The summed E-state index contributed by atoms with van der Waals surface area (Å²) in [5.74, 6) is 1.82. The number of ether oxygens (including phenoxy) is 1.